The third-order valence-electron chi connectivity index (χ3n) is 5.58. The SMILES string of the molecule is COc1ccccc1CC(=O)N1CCCn2nc(-c3ccc(OC)c(OC)c3)cc2C1. The molecule has 0 saturated heterocycles. The van der Waals surface area contributed by atoms with Crippen molar-refractivity contribution in [2.75, 3.05) is 27.9 Å². The molecule has 0 unspecified atom stereocenters. The Morgan fingerprint density at radius 3 is 2.48 bits per heavy atom. The fourth-order valence-electron chi connectivity index (χ4n) is 3.94. The van der Waals surface area contributed by atoms with E-state index in [1.54, 1.807) is 21.3 Å². The molecule has 7 heteroatoms. The standard InChI is InChI=1S/C24H27N3O4/c1-29-21-8-5-4-7-18(21)14-24(28)26-11-6-12-27-19(16-26)15-20(25-27)17-9-10-22(30-2)23(13-17)31-3/h4-5,7-10,13,15H,6,11-12,14,16H2,1-3H3. The van der Waals surface area contributed by atoms with Crippen LogP contribution in [0.2, 0.25) is 0 Å². The molecule has 0 radical (unpaired) electrons. The van der Waals surface area contributed by atoms with Gasteiger partial charge < -0.3 is 19.1 Å². The fourth-order valence-corrected chi connectivity index (χ4v) is 3.94. The van der Waals surface area contributed by atoms with Crippen LogP contribution in [-0.4, -0.2) is 48.5 Å². The van der Waals surface area contributed by atoms with Crippen molar-refractivity contribution in [3.63, 3.8) is 0 Å². The molecular weight excluding hydrogens is 394 g/mol. The summed E-state index contributed by atoms with van der Waals surface area (Å²) in [5, 5.41) is 4.78. The van der Waals surface area contributed by atoms with Crippen molar-refractivity contribution in [2.45, 2.75) is 25.9 Å². The zero-order valence-corrected chi connectivity index (χ0v) is 18.1. The summed E-state index contributed by atoms with van der Waals surface area (Å²) >= 11 is 0. The lowest BCUT2D eigenvalue weighted by Crippen LogP contribution is -2.32. The maximum Gasteiger partial charge on any atom is 0.227 e. The van der Waals surface area contributed by atoms with E-state index in [0.29, 0.717) is 31.0 Å². The minimum Gasteiger partial charge on any atom is -0.496 e. The third-order valence-corrected chi connectivity index (χ3v) is 5.58. The van der Waals surface area contributed by atoms with E-state index in [1.165, 1.54) is 0 Å². The van der Waals surface area contributed by atoms with Crippen molar-refractivity contribution in [1.82, 2.24) is 14.7 Å². The Labute approximate surface area is 182 Å². The van der Waals surface area contributed by atoms with Gasteiger partial charge in [0.2, 0.25) is 5.91 Å². The number of hydrogen-bond acceptors (Lipinski definition) is 5. The normalized spacial score (nSPS) is 13.3. The highest BCUT2D eigenvalue weighted by atomic mass is 16.5. The van der Waals surface area contributed by atoms with Crippen molar-refractivity contribution < 1.29 is 19.0 Å². The van der Waals surface area contributed by atoms with Crippen LogP contribution in [0.15, 0.2) is 48.5 Å². The van der Waals surface area contributed by atoms with E-state index < -0.39 is 0 Å². The number of methoxy groups -OCH3 is 3. The monoisotopic (exact) mass is 421 g/mol. The van der Waals surface area contributed by atoms with Gasteiger partial charge in [-0.3, -0.25) is 9.48 Å². The number of carbonyl (C=O) groups is 1. The second-order valence-corrected chi connectivity index (χ2v) is 7.47. The molecule has 1 aromatic heterocycles. The average molecular weight is 421 g/mol. The zero-order chi connectivity index (χ0) is 21.8. The molecule has 0 spiro atoms. The molecule has 1 amide bonds. The van der Waals surface area contributed by atoms with Crippen molar-refractivity contribution in [1.29, 1.82) is 0 Å². The Hall–Kier alpha value is -3.48. The predicted molar refractivity (Wildman–Crippen MR) is 117 cm³/mol. The summed E-state index contributed by atoms with van der Waals surface area (Å²) in [6.07, 6.45) is 1.18. The summed E-state index contributed by atoms with van der Waals surface area (Å²) in [7, 11) is 4.87. The summed E-state index contributed by atoms with van der Waals surface area (Å²) in [6.45, 7) is 2.03. The van der Waals surface area contributed by atoms with E-state index in [1.807, 2.05) is 52.0 Å². The molecule has 162 valence electrons. The average Bonchev–Trinajstić information content (AvgIpc) is 3.10. The summed E-state index contributed by atoms with van der Waals surface area (Å²) in [6, 6.07) is 15.5. The number of rotatable bonds is 6. The first-order valence-electron chi connectivity index (χ1n) is 10.3. The number of benzene rings is 2. The molecule has 4 rings (SSSR count). The number of ether oxygens (including phenoxy) is 3. The first-order valence-corrected chi connectivity index (χ1v) is 10.3. The Kier molecular flexibility index (Phi) is 6.11. The van der Waals surface area contributed by atoms with Crippen LogP contribution >= 0.6 is 0 Å². The molecule has 2 aromatic carbocycles. The van der Waals surface area contributed by atoms with Crippen LogP contribution in [0.3, 0.4) is 0 Å². The van der Waals surface area contributed by atoms with Crippen LogP contribution in [0, 0.1) is 0 Å². The second kappa shape index (κ2) is 9.12. The first-order chi connectivity index (χ1) is 15.1. The molecular formula is C24H27N3O4. The van der Waals surface area contributed by atoms with Crippen molar-refractivity contribution >= 4 is 5.91 Å². The minimum absolute atomic E-state index is 0.0896. The van der Waals surface area contributed by atoms with Crippen molar-refractivity contribution in [3.05, 3.63) is 59.8 Å². The Morgan fingerprint density at radius 2 is 1.71 bits per heavy atom. The number of nitrogens with zero attached hydrogens (tertiary/aromatic N) is 3. The van der Waals surface area contributed by atoms with Gasteiger partial charge in [-0.05, 0) is 36.8 Å². The lowest BCUT2D eigenvalue weighted by atomic mass is 10.1. The van der Waals surface area contributed by atoms with E-state index >= 15 is 0 Å². The van der Waals surface area contributed by atoms with Crippen LogP contribution in [-0.2, 0) is 24.3 Å². The molecule has 1 aliphatic heterocycles. The Morgan fingerprint density at radius 1 is 0.935 bits per heavy atom. The first kappa shape index (κ1) is 20.8. The van der Waals surface area contributed by atoms with Gasteiger partial charge in [-0.2, -0.15) is 5.10 Å². The summed E-state index contributed by atoms with van der Waals surface area (Å²) in [5.41, 5.74) is 3.73. The minimum atomic E-state index is 0.0896. The smallest absolute Gasteiger partial charge is 0.227 e. The predicted octanol–water partition coefficient (Wildman–Crippen LogP) is 3.55. The molecule has 0 atom stereocenters. The van der Waals surface area contributed by atoms with Gasteiger partial charge in [-0.15, -0.1) is 0 Å². The Balaban J connectivity index is 1.54. The third kappa shape index (κ3) is 4.35. The van der Waals surface area contributed by atoms with Crippen molar-refractivity contribution in [3.8, 4) is 28.5 Å². The van der Waals surface area contributed by atoms with Crippen LogP contribution in [0.1, 0.15) is 17.7 Å². The van der Waals surface area contributed by atoms with E-state index in [9.17, 15) is 4.79 Å². The van der Waals surface area contributed by atoms with E-state index in [-0.39, 0.29) is 5.91 Å². The van der Waals surface area contributed by atoms with Gasteiger partial charge in [0.1, 0.15) is 5.75 Å². The highest BCUT2D eigenvalue weighted by Crippen LogP contribution is 2.32. The van der Waals surface area contributed by atoms with Gasteiger partial charge in [0.15, 0.2) is 11.5 Å². The van der Waals surface area contributed by atoms with Crippen LogP contribution in [0.25, 0.3) is 11.3 Å². The van der Waals surface area contributed by atoms with Gasteiger partial charge in [0.05, 0.1) is 45.7 Å². The maximum absolute atomic E-state index is 13.0. The molecule has 0 bridgehead atoms. The molecule has 3 aromatic rings. The van der Waals surface area contributed by atoms with E-state index in [0.717, 1.165) is 41.2 Å². The number of aryl methyl sites for hydroxylation is 1. The zero-order valence-electron chi connectivity index (χ0n) is 18.1. The van der Waals surface area contributed by atoms with Gasteiger partial charge in [-0.25, -0.2) is 0 Å². The van der Waals surface area contributed by atoms with E-state index in [4.69, 9.17) is 19.3 Å². The number of fused-ring (bicyclic) bond motifs is 1. The molecule has 0 saturated carbocycles. The number of carbonyl (C=O) groups excluding carboxylic acids is 1. The molecule has 2 heterocycles. The lowest BCUT2D eigenvalue weighted by molar-refractivity contribution is -0.131. The number of amides is 1. The molecule has 1 aliphatic rings. The summed E-state index contributed by atoms with van der Waals surface area (Å²) in [4.78, 5) is 14.9. The maximum atomic E-state index is 13.0. The fraction of sp³-hybridized carbons (Fsp3) is 0.333. The van der Waals surface area contributed by atoms with Gasteiger partial charge in [0, 0.05) is 24.2 Å². The van der Waals surface area contributed by atoms with Gasteiger partial charge >= 0.3 is 0 Å². The molecule has 0 N–H and O–H groups in total. The quantitative estimate of drug-likeness (QED) is 0.609. The van der Waals surface area contributed by atoms with Crippen molar-refractivity contribution in [2.24, 2.45) is 0 Å². The van der Waals surface area contributed by atoms with Crippen LogP contribution in [0.4, 0.5) is 0 Å². The van der Waals surface area contributed by atoms with Gasteiger partial charge in [0.25, 0.3) is 0 Å². The Bertz CT molecular complexity index is 1080. The van der Waals surface area contributed by atoms with Gasteiger partial charge in [-0.1, -0.05) is 18.2 Å². The second-order valence-electron chi connectivity index (χ2n) is 7.47. The lowest BCUT2D eigenvalue weighted by Gasteiger charge is -2.20. The number of aromatic nitrogens is 2. The summed E-state index contributed by atoms with van der Waals surface area (Å²) < 4.78 is 18.1. The van der Waals surface area contributed by atoms with Crippen LogP contribution in [0.5, 0.6) is 17.2 Å². The molecule has 7 nitrogen and oxygen atoms in total. The summed E-state index contributed by atoms with van der Waals surface area (Å²) in [5.74, 6) is 2.18. The highest BCUT2D eigenvalue weighted by Gasteiger charge is 2.22. The number of para-hydroxylation sites is 1. The largest absolute Gasteiger partial charge is 0.496 e. The topological polar surface area (TPSA) is 65.8 Å². The molecule has 0 fully saturated rings. The highest BCUT2D eigenvalue weighted by molar-refractivity contribution is 5.79. The molecule has 31 heavy (non-hydrogen) atoms. The van der Waals surface area contributed by atoms with Crippen LogP contribution < -0.4 is 14.2 Å². The number of hydrogen-bond donors (Lipinski definition) is 0. The van der Waals surface area contributed by atoms with E-state index in [2.05, 4.69) is 6.07 Å². The molecule has 0 aliphatic carbocycles.